The number of aliphatic hydroxyl groups excluding tert-OH is 2. The molecule has 1 heterocycles. The Hall–Kier alpha value is -10.9. The van der Waals surface area contributed by atoms with Crippen LogP contribution in [0.25, 0.3) is 0 Å². The van der Waals surface area contributed by atoms with Crippen molar-refractivity contribution in [3.63, 3.8) is 0 Å². The molecule has 3 unspecified atom stereocenters. The molecular weight excluding hydrogens is 1530 g/mol. The molecule has 4 rings (SSSR count). The molecule has 656 valence electrons. The minimum Gasteiger partial charge on any atom is -0.452 e. The van der Waals surface area contributed by atoms with E-state index in [9.17, 15) is 63.0 Å². The van der Waals surface area contributed by atoms with E-state index in [0.29, 0.717) is 17.6 Å². The maximum Gasteiger partial charge on any atom is 0.407 e. The first-order chi connectivity index (χ1) is 55.1. The SMILES string of the molecule is CC(C)C[C@@H]1NC(=O)[C@@H](Cc2ccccc2)NC(=O)[C@H](CCNC(=O)OC(C)(C)C)NC(=O)[C@@H](NC(=O)[C@H](CCNC(=O)OC(C)(C)C)NC(=O)[C@@H](NC(=O)[C@H](CCN)OC(=O)CC2=CCC(c3ccccc3)C=C2)C(C)O)CCNC(=O)[C@H](C(C)O)NC(=O)[C@H](CCNC(=O)OC(C)(C)C)NC(=O)[C@H](CCNC(=O)OC(C)(C)C)NC1=O. The second-order valence-corrected chi connectivity index (χ2v) is 33.3. The van der Waals surface area contributed by atoms with E-state index >= 15 is 19.2 Å². The average molecular weight is 1660 g/mol. The summed E-state index contributed by atoms with van der Waals surface area (Å²) >= 11 is 0. The number of hydrogen-bond acceptors (Lipinski definition) is 23. The summed E-state index contributed by atoms with van der Waals surface area (Å²) in [5.74, 6) is -12.3. The van der Waals surface area contributed by atoms with Crippen molar-refractivity contribution in [3.8, 4) is 0 Å². The van der Waals surface area contributed by atoms with Crippen LogP contribution in [-0.2, 0) is 82.8 Å². The second kappa shape index (κ2) is 47.4. The molecule has 0 saturated carbocycles. The van der Waals surface area contributed by atoms with E-state index in [-0.39, 0.29) is 57.2 Å². The van der Waals surface area contributed by atoms with E-state index in [0.717, 1.165) is 19.4 Å². The number of rotatable bonds is 30. The minimum atomic E-state index is -1.94. The molecule has 2 aliphatic rings. The Bertz CT molecular complexity index is 3790. The van der Waals surface area contributed by atoms with Crippen molar-refractivity contribution in [2.24, 2.45) is 11.7 Å². The van der Waals surface area contributed by atoms with E-state index in [1.54, 1.807) is 133 Å². The van der Waals surface area contributed by atoms with E-state index in [1.165, 1.54) is 0 Å². The summed E-state index contributed by atoms with van der Waals surface area (Å²) in [5, 5.41) is 57.9. The second-order valence-electron chi connectivity index (χ2n) is 33.3. The fraction of sp³-hybridized carbons (Fsp3) is 0.617. The van der Waals surface area contributed by atoms with Crippen molar-refractivity contribution in [1.82, 2.24) is 74.4 Å². The van der Waals surface area contributed by atoms with Gasteiger partial charge < -0.3 is 114 Å². The summed E-state index contributed by atoms with van der Waals surface area (Å²) in [6.07, 6.45) is -6.19. The van der Waals surface area contributed by atoms with Crippen LogP contribution in [0.4, 0.5) is 19.2 Å². The summed E-state index contributed by atoms with van der Waals surface area (Å²) in [5.41, 5.74) is 4.01. The number of alkyl carbamates (subject to hydrolysis) is 4. The molecular formula is C81H125N15O22. The lowest BCUT2D eigenvalue weighted by molar-refractivity contribution is -0.156. The fourth-order valence-corrected chi connectivity index (χ4v) is 11.8. The first-order valence-electron chi connectivity index (χ1n) is 39.7. The van der Waals surface area contributed by atoms with Crippen LogP contribution in [0, 0.1) is 5.92 Å². The Morgan fingerprint density at radius 3 is 1.41 bits per heavy atom. The van der Waals surface area contributed by atoms with Gasteiger partial charge in [0.25, 0.3) is 5.91 Å². The van der Waals surface area contributed by atoms with Crippen LogP contribution in [0.1, 0.15) is 186 Å². The number of benzene rings is 2. The largest absolute Gasteiger partial charge is 0.452 e. The number of carbonyl (C=O) groups is 15. The van der Waals surface area contributed by atoms with Crippen molar-refractivity contribution in [2.75, 3.05) is 39.3 Å². The number of ether oxygens (including phenoxy) is 5. The van der Waals surface area contributed by atoms with Gasteiger partial charge in [0.05, 0.1) is 18.6 Å². The lowest BCUT2D eigenvalue weighted by Crippen LogP contribution is -2.62. The van der Waals surface area contributed by atoms with Gasteiger partial charge in [0.15, 0.2) is 6.10 Å². The molecule has 118 heavy (non-hydrogen) atoms. The van der Waals surface area contributed by atoms with Crippen molar-refractivity contribution in [3.05, 3.63) is 95.6 Å². The van der Waals surface area contributed by atoms with Crippen LogP contribution in [0.5, 0.6) is 0 Å². The van der Waals surface area contributed by atoms with Crippen LogP contribution in [0.2, 0.25) is 0 Å². The number of nitrogens with one attached hydrogen (secondary N) is 14. The minimum absolute atomic E-state index is 0.0536. The number of allylic oxidation sites excluding steroid dienone is 3. The number of hydrogen-bond donors (Lipinski definition) is 17. The zero-order valence-electron chi connectivity index (χ0n) is 70.5. The van der Waals surface area contributed by atoms with Gasteiger partial charge in [-0.2, -0.15) is 0 Å². The maximum absolute atomic E-state index is 15.4. The van der Waals surface area contributed by atoms with E-state index in [2.05, 4.69) is 74.4 Å². The summed E-state index contributed by atoms with van der Waals surface area (Å²) in [6.45, 7) is 22.3. The molecule has 1 saturated heterocycles. The standard InChI is InChI=1S/C81H125N15O22/c1-46(2)43-58-69(105)91-54(33-39-84-74(110)115-78(5,6)7)65(101)90-57(36-42-87-77(113)118-81(14,15)16)68(104)95-62(47(3)97)72(108)83-38-32-53(64(100)89-55(34-40-85-75(111)116-79(8,9)10)67(103)94-59(70(106)93-58)44-49-23-19-17-20-24-49)88-66(102)56(35-41-86-76(112)117-80(11,12)13)92-73(109)63(48(4)98)96-71(107)60(31-37-82)114-61(99)45-50-27-29-52(30-28-50)51-25-21-18-22-26-51/h17-29,46-48,52-60,62-63,97-98H,30-45,82H2,1-16H3,(H,83,108)(H,84,110)(H,85,111)(H,86,112)(H,87,113)(H,88,102)(H,89,100)(H,90,101)(H,91,105)(H,92,109)(H,93,106)(H,94,103)(H,95,104)(H,96,107)/t47?,48?,52?,53-,54-,55-,56-,57-,58-,59+,60-,62-,63-/m0/s1. The summed E-state index contributed by atoms with van der Waals surface area (Å²) in [7, 11) is 0. The first-order valence-corrected chi connectivity index (χ1v) is 39.7. The molecule has 2 aromatic rings. The third kappa shape index (κ3) is 38.4. The fourth-order valence-electron chi connectivity index (χ4n) is 11.8. The molecule has 2 aromatic carbocycles. The molecule has 0 bridgehead atoms. The summed E-state index contributed by atoms with van der Waals surface area (Å²) in [6, 6.07) is 1.96. The highest BCUT2D eigenvalue weighted by Gasteiger charge is 2.39. The van der Waals surface area contributed by atoms with Crippen LogP contribution < -0.4 is 80.2 Å². The molecule has 18 N–H and O–H groups in total. The predicted molar refractivity (Wildman–Crippen MR) is 433 cm³/mol. The number of amides is 14. The van der Waals surface area contributed by atoms with Crippen LogP contribution >= 0.6 is 0 Å². The summed E-state index contributed by atoms with van der Waals surface area (Å²) < 4.78 is 27.2. The van der Waals surface area contributed by atoms with Gasteiger partial charge in [0.2, 0.25) is 53.2 Å². The highest BCUT2D eigenvalue weighted by molar-refractivity contribution is 5.99. The Morgan fingerprint density at radius 1 is 0.517 bits per heavy atom. The first kappa shape index (κ1) is 99.4. The quantitative estimate of drug-likeness (QED) is 0.0392. The third-order valence-electron chi connectivity index (χ3n) is 17.4. The Balaban J connectivity index is 1.90. The van der Waals surface area contributed by atoms with E-state index in [4.69, 9.17) is 29.4 Å². The third-order valence-corrected chi connectivity index (χ3v) is 17.4. The van der Waals surface area contributed by atoms with Gasteiger partial charge in [-0.15, -0.1) is 0 Å². The molecule has 0 spiro atoms. The number of carbonyl (C=O) groups excluding carboxylic acids is 15. The van der Waals surface area contributed by atoms with Gasteiger partial charge in [-0.1, -0.05) is 92.7 Å². The van der Waals surface area contributed by atoms with Crippen molar-refractivity contribution >= 4 is 89.4 Å². The Labute approximate surface area is 689 Å². The smallest absolute Gasteiger partial charge is 0.407 e. The predicted octanol–water partition coefficient (Wildman–Crippen LogP) is 1.90. The lowest BCUT2D eigenvalue weighted by Gasteiger charge is -2.29. The molecule has 1 fully saturated rings. The van der Waals surface area contributed by atoms with Crippen LogP contribution in [-0.4, -0.2) is 234 Å². The molecule has 1 aliphatic heterocycles. The molecule has 37 nitrogen and oxygen atoms in total. The van der Waals surface area contributed by atoms with Crippen molar-refractivity contribution in [1.29, 1.82) is 0 Å². The zero-order valence-corrected chi connectivity index (χ0v) is 70.5. The van der Waals surface area contributed by atoms with Gasteiger partial charge in [-0.05, 0) is 171 Å². The van der Waals surface area contributed by atoms with Gasteiger partial charge in [0, 0.05) is 51.5 Å². The normalized spacial score (nSPS) is 20.9. The molecule has 14 amide bonds. The average Bonchev–Trinajstić information content (AvgIpc) is 0.979. The maximum atomic E-state index is 15.4. The van der Waals surface area contributed by atoms with E-state index in [1.807, 2.05) is 42.5 Å². The number of esters is 1. The van der Waals surface area contributed by atoms with Gasteiger partial charge >= 0.3 is 30.3 Å². The number of aliphatic hydroxyl groups is 2. The molecule has 0 aromatic heterocycles. The lowest BCUT2D eigenvalue weighted by atomic mass is 9.89. The molecule has 0 radical (unpaired) electrons. The highest BCUT2D eigenvalue weighted by atomic mass is 16.6. The molecule has 37 heteroatoms. The molecule has 13 atom stereocenters. The van der Waals surface area contributed by atoms with Crippen molar-refractivity contribution in [2.45, 2.75) is 276 Å². The Kier molecular flexibility index (Phi) is 40.0. The van der Waals surface area contributed by atoms with Gasteiger partial charge in [-0.3, -0.25) is 52.7 Å². The van der Waals surface area contributed by atoms with Gasteiger partial charge in [0.1, 0.15) is 76.8 Å². The van der Waals surface area contributed by atoms with Gasteiger partial charge in [-0.25, -0.2) is 19.2 Å². The number of nitrogens with two attached hydrogens (primary N) is 1. The summed E-state index contributed by atoms with van der Waals surface area (Å²) in [4.78, 5) is 214. The van der Waals surface area contributed by atoms with Crippen LogP contribution in [0.15, 0.2) is 84.5 Å². The van der Waals surface area contributed by atoms with E-state index < -0.39 is 236 Å². The highest BCUT2D eigenvalue weighted by Crippen LogP contribution is 2.28. The van der Waals surface area contributed by atoms with Crippen LogP contribution in [0.3, 0.4) is 0 Å². The zero-order chi connectivity index (χ0) is 88.4. The molecule has 1 aliphatic carbocycles. The topological polar surface area (TPSA) is 537 Å². The van der Waals surface area contributed by atoms with Crippen molar-refractivity contribution < 1.29 is 106 Å². The Morgan fingerprint density at radius 2 is 0.958 bits per heavy atom. The monoisotopic (exact) mass is 1660 g/mol.